The van der Waals surface area contributed by atoms with Crippen LogP contribution in [0, 0.1) is 0 Å². The average Bonchev–Trinajstić information content (AvgIpc) is 2.05. The molecular weight excluding hydrogens is 220 g/mol. The minimum absolute atomic E-state index is 0.0208. The summed E-state index contributed by atoms with van der Waals surface area (Å²) in [6.45, 7) is 1.44. The molecule has 0 saturated carbocycles. The van der Waals surface area contributed by atoms with Crippen LogP contribution in [0.5, 0.6) is 5.75 Å². The first-order valence-corrected chi connectivity index (χ1v) is 4.21. The highest BCUT2D eigenvalue weighted by atomic mass is 79.9. The van der Waals surface area contributed by atoms with E-state index in [1.165, 1.54) is 6.92 Å². The molecule has 1 rings (SSSR count). The third-order valence-electron chi connectivity index (χ3n) is 0.979. The van der Waals surface area contributed by atoms with Crippen molar-refractivity contribution in [3.63, 3.8) is 0 Å². The van der Waals surface area contributed by atoms with Crippen LogP contribution >= 0.6 is 15.9 Å². The van der Waals surface area contributed by atoms with E-state index in [4.69, 9.17) is 4.74 Å². The van der Waals surface area contributed by atoms with E-state index in [1.807, 2.05) is 30.3 Å². The van der Waals surface area contributed by atoms with Crippen LogP contribution < -0.4 is 4.74 Å². The van der Waals surface area contributed by atoms with Gasteiger partial charge in [0.25, 0.3) is 0 Å². The van der Waals surface area contributed by atoms with Crippen LogP contribution in [0.15, 0.2) is 30.3 Å². The van der Waals surface area contributed by atoms with Crippen molar-refractivity contribution < 1.29 is 9.53 Å². The number of hydrogen-bond acceptors (Lipinski definition) is 2. The average molecular weight is 231 g/mol. The summed E-state index contributed by atoms with van der Waals surface area (Å²) in [5.41, 5.74) is 0. The van der Waals surface area contributed by atoms with Gasteiger partial charge >= 0.3 is 0 Å². The molecule has 1 aromatic rings. The number of benzene rings is 1. The van der Waals surface area contributed by atoms with Gasteiger partial charge in [0.2, 0.25) is 0 Å². The maximum Gasteiger partial charge on any atom is 0.194 e. The molecule has 0 N–H and O–H groups in total. The molecule has 1 aromatic carbocycles. The van der Waals surface area contributed by atoms with Crippen LogP contribution in [0.25, 0.3) is 0 Å². The van der Waals surface area contributed by atoms with Crippen LogP contribution in [-0.4, -0.2) is 11.8 Å². The minimum Gasteiger partial charge on any atom is -0.497 e. The lowest BCUT2D eigenvalue weighted by atomic mass is 10.3. The van der Waals surface area contributed by atoms with E-state index in [1.54, 1.807) is 7.11 Å². The summed E-state index contributed by atoms with van der Waals surface area (Å²) in [6, 6.07) is 9.68. The van der Waals surface area contributed by atoms with Crippen LogP contribution in [0.1, 0.15) is 6.92 Å². The van der Waals surface area contributed by atoms with Crippen molar-refractivity contribution in [2.75, 3.05) is 7.11 Å². The standard InChI is InChI=1S/C7H8O.C2H3BrO/c1-8-7-5-3-2-4-6-7;1-2(3)4/h2-6H,1H3;1H3. The predicted molar refractivity (Wildman–Crippen MR) is 52.6 cm³/mol. The molecule has 0 saturated heterocycles. The Hall–Kier alpha value is -0.830. The van der Waals surface area contributed by atoms with Gasteiger partial charge < -0.3 is 4.74 Å². The monoisotopic (exact) mass is 230 g/mol. The van der Waals surface area contributed by atoms with Crippen molar-refractivity contribution in [1.29, 1.82) is 0 Å². The largest absolute Gasteiger partial charge is 0.497 e. The highest BCUT2D eigenvalue weighted by Crippen LogP contribution is 2.05. The van der Waals surface area contributed by atoms with Crippen LogP contribution in [0.4, 0.5) is 0 Å². The maximum atomic E-state index is 9.36. The molecule has 0 atom stereocenters. The molecule has 0 heterocycles. The fourth-order valence-electron chi connectivity index (χ4n) is 0.557. The maximum absolute atomic E-state index is 9.36. The first-order chi connectivity index (χ1) is 5.66. The first kappa shape index (κ1) is 11.2. The van der Waals surface area contributed by atoms with E-state index in [2.05, 4.69) is 15.9 Å². The Balaban J connectivity index is 0.000000261. The second kappa shape index (κ2) is 6.85. The lowest BCUT2D eigenvalue weighted by molar-refractivity contribution is -0.108. The molecule has 66 valence electrons. The molecule has 3 heteroatoms. The highest BCUT2D eigenvalue weighted by Gasteiger charge is 1.80. The van der Waals surface area contributed by atoms with Crippen LogP contribution in [0.3, 0.4) is 0 Å². The van der Waals surface area contributed by atoms with Crippen molar-refractivity contribution in [3.8, 4) is 5.75 Å². The predicted octanol–water partition coefficient (Wildman–Crippen LogP) is 2.62. The van der Waals surface area contributed by atoms with Gasteiger partial charge in [0.1, 0.15) is 5.75 Å². The van der Waals surface area contributed by atoms with Gasteiger partial charge in [-0.3, -0.25) is 4.79 Å². The zero-order valence-corrected chi connectivity index (χ0v) is 8.67. The van der Waals surface area contributed by atoms with E-state index in [-0.39, 0.29) is 4.69 Å². The topological polar surface area (TPSA) is 26.3 Å². The fraction of sp³-hybridized carbons (Fsp3) is 0.222. The van der Waals surface area contributed by atoms with Crippen LogP contribution in [0.2, 0.25) is 0 Å². The number of ether oxygens (including phenoxy) is 1. The molecule has 0 spiro atoms. The van der Waals surface area contributed by atoms with Crippen molar-refractivity contribution in [2.45, 2.75) is 6.92 Å². The molecule has 0 fully saturated rings. The van der Waals surface area contributed by atoms with E-state index < -0.39 is 0 Å². The molecule has 0 unspecified atom stereocenters. The summed E-state index contributed by atoms with van der Waals surface area (Å²) in [5.74, 6) is 0.910. The number of rotatable bonds is 1. The number of para-hydroxylation sites is 1. The lowest BCUT2D eigenvalue weighted by Gasteiger charge is -1.93. The van der Waals surface area contributed by atoms with Crippen molar-refractivity contribution in [2.24, 2.45) is 0 Å². The Morgan fingerprint density at radius 1 is 1.33 bits per heavy atom. The van der Waals surface area contributed by atoms with Crippen molar-refractivity contribution >= 4 is 20.6 Å². The zero-order chi connectivity index (χ0) is 9.40. The van der Waals surface area contributed by atoms with Gasteiger partial charge in [-0.25, -0.2) is 0 Å². The van der Waals surface area contributed by atoms with Gasteiger partial charge in [-0.2, -0.15) is 0 Å². The molecule has 0 aliphatic carbocycles. The summed E-state index contributed by atoms with van der Waals surface area (Å²) in [5, 5.41) is 0. The molecule has 12 heavy (non-hydrogen) atoms. The van der Waals surface area contributed by atoms with Gasteiger partial charge in [0.05, 0.1) is 7.11 Å². The SMILES string of the molecule is CC(=O)Br.COc1ccccc1. The fourth-order valence-corrected chi connectivity index (χ4v) is 0.557. The number of hydrogen-bond donors (Lipinski definition) is 0. The van der Waals surface area contributed by atoms with Gasteiger partial charge in [0.15, 0.2) is 4.69 Å². The lowest BCUT2D eigenvalue weighted by Crippen LogP contribution is -1.78. The summed E-state index contributed by atoms with van der Waals surface area (Å²) in [7, 11) is 1.66. The molecule has 0 amide bonds. The van der Waals surface area contributed by atoms with E-state index in [0.29, 0.717) is 0 Å². The molecule has 0 aromatic heterocycles. The Morgan fingerprint density at radius 2 is 1.75 bits per heavy atom. The summed E-state index contributed by atoms with van der Waals surface area (Å²) in [4.78, 5) is 9.36. The Morgan fingerprint density at radius 3 is 2.00 bits per heavy atom. The van der Waals surface area contributed by atoms with Gasteiger partial charge in [-0.1, -0.05) is 18.2 Å². The molecular formula is C9H11BrO2. The van der Waals surface area contributed by atoms with Crippen molar-refractivity contribution in [1.82, 2.24) is 0 Å². The molecule has 0 aliphatic heterocycles. The Labute approximate surface area is 80.7 Å². The van der Waals surface area contributed by atoms with E-state index in [9.17, 15) is 4.79 Å². The number of halogens is 1. The molecule has 0 radical (unpaired) electrons. The Bertz CT molecular complexity index is 217. The second-order valence-corrected chi connectivity index (χ2v) is 3.10. The molecule has 0 bridgehead atoms. The second-order valence-electron chi connectivity index (χ2n) is 1.99. The smallest absolute Gasteiger partial charge is 0.194 e. The highest BCUT2D eigenvalue weighted by molar-refractivity contribution is 9.18. The van der Waals surface area contributed by atoms with Crippen molar-refractivity contribution in [3.05, 3.63) is 30.3 Å². The summed E-state index contributed by atoms with van der Waals surface area (Å²) in [6.07, 6.45) is 0. The summed E-state index contributed by atoms with van der Waals surface area (Å²) >= 11 is 2.63. The van der Waals surface area contributed by atoms with Gasteiger partial charge in [-0.05, 0) is 28.1 Å². The number of carbonyl (C=O) groups excluding carboxylic acids is 1. The van der Waals surface area contributed by atoms with E-state index >= 15 is 0 Å². The quantitative estimate of drug-likeness (QED) is 0.694. The molecule has 2 nitrogen and oxygen atoms in total. The summed E-state index contributed by atoms with van der Waals surface area (Å²) < 4.78 is 4.89. The normalized spacial score (nSPS) is 7.92. The molecule has 0 aliphatic rings. The van der Waals surface area contributed by atoms with Crippen LogP contribution in [-0.2, 0) is 4.79 Å². The minimum atomic E-state index is -0.0208. The van der Waals surface area contributed by atoms with E-state index in [0.717, 1.165) is 5.75 Å². The Kier molecular flexibility index (Phi) is 6.38. The third kappa shape index (κ3) is 7.28. The number of methoxy groups -OCH3 is 1. The third-order valence-corrected chi connectivity index (χ3v) is 0.979. The zero-order valence-electron chi connectivity index (χ0n) is 7.08. The number of carbonyl (C=O) groups is 1. The first-order valence-electron chi connectivity index (χ1n) is 3.42. The van der Waals surface area contributed by atoms with Gasteiger partial charge in [-0.15, -0.1) is 0 Å². The van der Waals surface area contributed by atoms with Gasteiger partial charge in [0, 0.05) is 6.92 Å².